The Hall–Kier alpha value is -0.120. The topological polar surface area (TPSA) is 64.1 Å². The van der Waals surface area contributed by atoms with Gasteiger partial charge in [-0.15, -0.1) is 0 Å². The smallest absolute Gasteiger partial charge is 0.0582 e. The van der Waals surface area contributed by atoms with Crippen molar-refractivity contribution in [1.29, 1.82) is 0 Å². The second kappa shape index (κ2) is 3.83. The molecule has 3 heteroatoms. The molecule has 0 spiro atoms. The van der Waals surface area contributed by atoms with Gasteiger partial charge in [0.25, 0.3) is 0 Å². The van der Waals surface area contributed by atoms with E-state index in [1.807, 2.05) is 14.0 Å². The van der Waals surface area contributed by atoms with E-state index in [4.69, 9.17) is 11.5 Å². The first kappa shape index (κ1) is 7.88. The van der Waals surface area contributed by atoms with E-state index in [-0.39, 0.29) is 6.17 Å². The molecule has 0 saturated carbocycles. The number of hydrogen-bond donors (Lipinski definition) is 3. The van der Waals surface area contributed by atoms with Crippen molar-refractivity contribution in [3.05, 3.63) is 0 Å². The first-order chi connectivity index (χ1) is 3.72. The molecule has 0 aliphatic carbocycles. The SMILES string of the molecule is CNC(N)C(C)CN. The molecule has 0 radical (unpaired) electrons. The summed E-state index contributed by atoms with van der Waals surface area (Å²) in [5.74, 6) is 0.361. The molecule has 0 saturated heterocycles. The van der Waals surface area contributed by atoms with Crippen LogP contribution in [0.2, 0.25) is 0 Å². The predicted molar refractivity (Wildman–Crippen MR) is 35.3 cm³/mol. The molecule has 0 aromatic heterocycles. The Morgan fingerprint density at radius 3 is 2.25 bits per heavy atom. The standard InChI is InChI=1S/C5H15N3/c1-4(3-6)5(7)8-2/h4-5,8H,3,6-7H2,1-2H3. The summed E-state index contributed by atoms with van der Waals surface area (Å²) in [5.41, 5.74) is 10.9. The molecule has 0 bridgehead atoms. The van der Waals surface area contributed by atoms with E-state index in [0.29, 0.717) is 12.5 Å². The number of rotatable bonds is 3. The summed E-state index contributed by atoms with van der Waals surface area (Å²) in [6.07, 6.45) is 0.0417. The van der Waals surface area contributed by atoms with Crippen molar-refractivity contribution >= 4 is 0 Å². The maximum Gasteiger partial charge on any atom is 0.0582 e. The van der Waals surface area contributed by atoms with E-state index in [2.05, 4.69) is 5.32 Å². The van der Waals surface area contributed by atoms with Gasteiger partial charge in [0.2, 0.25) is 0 Å². The summed E-state index contributed by atoms with van der Waals surface area (Å²) in [5, 5.41) is 2.91. The van der Waals surface area contributed by atoms with Crippen LogP contribution in [-0.4, -0.2) is 19.8 Å². The zero-order valence-corrected chi connectivity index (χ0v) is 5.52. The van der Waals surface area contributed by atoms with Gasteiger partial charge in [-0.2, -0.15) is 0 Å². The predicted octanol–water partition coefficient (Wildman–Crippen LogP) is -0.915. The van der Waals surface area contributed by atoms with Crippen LogP contribution in [0.15, 0.2) is 0 Å². The Morgan fingerprint density at radius 2 is 2.12 bits per heavy atom. The Kier molecular flexibility index (Phi) is 3.77. The Morgan fingerprint density at radius 1 is 1.62 bits per heavy atom. The lowest BCUT2D eigenvalue weighted by atomic mass is 10.1. The highest BCUT2D eigenvalue weighted by Gasteiger charge is 2.05. The molecular weight excluding hydrogens is 102 g/mol. The average molecular weight is 117 g/mol. The average Bonchev–Trinajstić information content (AvgIpc) is 1.84. The van der Waals surface area contributed by atoms with Gasteiger partial charge in [0.1, 0.15) is 0 Å². The van der Waals surface area contributed by atoms with Crippen LogP contribution in [0.4, 0.5) is 0 Å². The summed E-state index contributed by atoms with van der Waals surface area (Å²) in [4.78, 5) is 0. The van der Waals surface area contributed by atoms with Gasteiger partial charge < -0.3 is 16.8 Å². The van der Waals surface area contributed by atoms with Gasteiger partial charge in [0.15, 0.2) is 0 Å². The molecule has 3 nitrogen and oxygen atoms in total. The summed E-state index contributed by atoms with van der Waals surface area (Å²) in [6, 6.07) is 0. The Balaban J connectivity index is 3.29. The molecule has 2 unspecified atom stereocenters. The van der Waals surface area contributed by atoms with Crippen molar-refractivity contribution in [3.8, 4) is 0 Å². The van der Waals surface area contributed by atoms with Crippen LogP contribution in [0, 0.1) is 5.92 Å². The van der Waals surface area contributed by atoms with Crippen LogP contribution in [0.5, 0.6) is 0 Å². The summed E-state index contributed by atoms with van der Waals surface area (Å²) in [7, 11) is 1.83. The lowest BCUT2D eigenvalue weighted by Gasteiger charge is -2.16. The van der Waals surface area contributed by atoms with Gasteiger partial charge in [-0.1, -0.05) is 6.92 Å². The first-order valence-corrected chi connectivity index (χ1v) is 2.85. The molecule has 0 heterocycles. The van der Waals surface area contributed by atoms with Gasteiger partial charge in [-0.3, -0.25) is 0 Å². The number of hydrogen-bond acceptors (Lipinski definition) is 3. The third kappa shape index (κ3) is 2.26. The second-order valence-electron chi connectivity index (χ2n) is 2.03. The maximum absolute atomic E-state index is 5.54. The highest BCUT2D eigenvalue weighted by molar-refractivity contribution is 4.64. The fourth-order valence-corrected chi connectivity index (χ4v) is 0.431. The molecule has 50 valence electrons. The van der Waals surface area contributed by atoms with Crippen molar-refractivity contribution < 1.29 is 0 Å². The van der Waals surface area contributed by atoms with Crippen LogP contribution in [0.1, 0.15) is 6.92 Å². The van der Waals surface area contributed by atoms with E-state index >= 15 is 0 Å². The summed E-state index contributed by atoms with van der Waals surface area (Å²) < 4.78 is 0. The first-order valence-electron chi connectivity index (χ1n) is 2.85. The van der Waals surface area contributed by atoms with Crippen LogP contribution in [0.25, 0.3) is 0 Å². The molecule has 0 amide bonds. The van der Waals surface area contributed by atoms with Gasteiger partial charge in [0.05, 0.1) is 6.17 Å². The van der Waals surface area contributed by atoms with E-state index in [1.165, 1.54) is 0 Å². The third-order valence-electron chi connectivity index (χ3n) is 1.32. The van der Waals surface area contributed by atoms with Crippen molar-refractivity contribution in [2.24, 2.45) is 17.4 Å². The highest BCUT2D eigenvalue weighted by Crippen LogP contribution is 1.91. The molecule has 0 aliphatic heterocycles. The normalized spacial score (nSPS) is 18.0. The van der Waals surface area contributed by atoms with E-state index in [0.717, 1.165) is 0 Å². The van der Waals surface area contributed by atoms with Crippen LogP contribution in [0.3, 0.4) is 0 Å². The van der Waals surface area contributed by atoms with Crippen molar-refractivity contribution in [2.45, 2.75) is 13.1 Å². The van der Waals surface area contributed by atoms with E-state index in [9.17, 15) is 0 Å². The van der Waals surface area contributed by atoms with E-state index in [1.54, 1.807) is 0 Å². The summed E-state index contributed by atoms with van der Waals surface area (Å²) in [6.45, 7) is 2.66. The fourth-order valence-electron chi connectivity index (χ4n) is 0.431. The maximum atomic E-state index is 5.54. The zero-order chi connectivity index (χ0) is 6.57. The minimum Gasteiger partial charge on any atom is -0.330 e. The van der Waals surface area contributed by atoms with Crippen molar-refractivity contribution in [3.63, 3.8) is 0 Å². The highest BCUT2D eigenvalue weighted by atomic mass is 15.0. The molecule has 0 aromatic rings. The minimum absolute atomic E-state index is 0.0417. The molecule has 0 rings (SSSR count). The fraction of sp³-hybridized carbons (Fsp3) is 1.00. The van der Waals surface area contributed by atoms with Crippen LogP contribution >= 0.6 is 0 Å². The largest absolute Gasteiger partial charge is 0.330 e. The van der Waals surface area contributed by atoms with Crippen LogP contribution in [-0.2, 0) is 0 Å². The molecule has 0 aliphatic rings. The molecule has 0 fully saturated rings. The molecular formula is C5H15N3. The third-order valence-corrected chi connectivity index (χ3v) is 1.32. The number of nitrogens with one attached hydrogen (secondary N) is 1. The van der Waals surface area contributed by atoms with Gasteiger partial charge >= 0.3 is 0 Å². The second-order valence-corrected chi connectivity index (χ2v) is 2.03. The minimum atomic E-state index is 0.0417. The van der Waals surface area contributed by atoms with Crippen molar-refractivity contribution in [1.82, 2.24) is 5.32 Å². The quantitative estimate of drug-likeness (QED) is 0.419. The molecule has 8 heavy (non-hydrogen) atoms. The van der Waals surface area contributed by atoms with E-state index < -0.39 is 0 Å². The van der Waals surface area contributed by atoms with Gasteiger partial charge in [-0.05, 0) is 19.5 Å². The van der Waals surface area contributed by atoms with Crippen molar-refractivity contribution in [2.75, 3.05) is 13.6 Å². The lowest BCUT2D eigenvalue weighted by Crippen LogP contribution is -2.43. The monoisotopic (exact) mass is 117 g/mol. The lowest BCUT2D eigenvalue weighted by molar-refractivity contribution is 0.417. The molecule has 5 N–H and O–H groups in total. The Bertz CT molecular complexity index is 47.6. The zero-order valence-electron chi connectivity index (χ0n) is 5.52. The Labute approximate surface area is 50.4 Å². The molecule has 0 aromatic carbocycles. The molecule has 2 atom stereocenters. The van der Waals surface area contributed by atoms with Crippen LogP contribution < -0.4 is 16.8 Å². The van der Waals surface area contributed by atoms with Gasteiger partial charge in [0, 0.05) is 0 Å². The number of nitrogens with two attached hydrogens (primary N) is 2. The summed E-state index contributed by atoms with van der Waals surface area (Å²) >= 11 is 0. The van der Waals surface area contributed by atoms with Gasteiger partial charge in [-0.25, -0.2) is 0 Å².